The highest BCUT2D eigenvalue weighted by Crippen LogP contribution is 2.21. The van der Waals surface area contributed by atoms with Crippen LogP contribution in [0.25, 0.3) is 17.2 Å². The van der Waals surface area contributed by atoms with Gasteiger partial charge in [-0.2, -0.15) is 5.10 Å². The van der Waals surface area contributed by atoms with Gasteiger partial charge in [0.15, 0.2) is 6.61 Å². The Morgan fingerprint density at radius 2 is 1.50 bits per heavy atom. The van der Waals surface area contributed by atoms with Gasteiger partial charge >= 0.3 is 0 Å². The first-order valence-corrected chi connectivity index (χ1v) is 9.05. The van der Waals surface area contributed by atoms with E-state index in [1.807, 2.05) is 91.9 Å². The average molecular weight is 370 g/mol. The lowest BCUT2D eigenvalue weighted by Gasteiger charge is -2.07. The molecule has 0 aliphatic rings. The van der Waals surface area contributed by atoms with Gasteiger partial charge in [-0.25, -0.2) is 5.43 Å². The third-order valence-electron chi connectivity index (χ3n) is 4.00. The van der Waals surface area contributed by atoms with E-state index in [0.717, 1.165) is 16.7 Å². The molecule has 140 valence electrons. The van der Waals surface area contributed by atoms with Crippen LogP contribution in [0.2, 0.25) is 0 Å². The minimum absolute atomic E-state index is 0.0934. The van der Waals surface area contributed by atoms with E-state index in [2.05, 4.69) is 22.7 Å². The molecule has 0 saturated carbocycles. The predicted molar refractivity (Wildman–Crippen MR) is 114 cm³/mol. The quantitative estimate of drug-likeness (QED) is 0.473. The van der Waals surface area contributed by atoms with Crippen LogP contribution in [0.15, 0.2) is 96.1 Å². The molecule has 0 unspecified atom stereocenters. The summed E-state index contributed by atoms with van der Waals surface area (Å²) in [6, 6.07) is 27.6. The van der Waals surface area contributed by atoms with Gasteiger partial charge in [0.05, 0.1) is 5.71 Å². The van der Waals surface area contributed by atoms with Gasteiger partial charge in [-0.1, -0.05) is 78.9 Å². The summed E-state index contributed by atoms with van der Waals surface area (Å²) in [6.07, 6.45) is 3.79. The Morgan fingerprint density at radius 3 is 2.18 bits per heavy atom. The van der Waals surface area contributed by atoms with Gasteiger partial charge in [0.25, 0.3) is 5.91 Å². The number of allylic oxidation sites excluding steroid dienone is 1. The normalized spacial score (nSPS) is 11.4. The lowest BCUT2D eigenvalue weighted by molar-refractivity contribution is -0.123. The third-order valence-corrected chi connectivity index (χ3v) is 4.00. The zero-order chi connectivity index (χ0) is 19.6. The molecule has 0 bridgehead atoms. The smallest absolute Gasteiger partial charge is 0.277 e. The molecule has 0 heterocycles. The molecule has 0 fully saturated rings. The Hall–Kier alpha value is -3.66. The first-order valence-electron chi connectivity index (χ1n) is 9.05. The third kappa shape index (κ3) is 5.95. The molecule has 3 aromatic rings. The summed E-state index contributed by atoms with van der Waals surface area (Å²) < 4.78 is 5.52. The van der Waals surface area contributed by atoms with Crippen LogP contribution in [-0.4, -0.2) is 18.2 Å². The molecule has 1 amide bonds. The summed E-state index contributed by atoms with van der Waals surface area (Å²) in [5, 5.41) is 4.06. The molecule has 3 rings (SSSR count). The van der Waals surface area contributed by atoms with Crippen molar-refractivity contribution in [3.05, 3.63) is 96.6 Å². The zero-order valence-electron chi connectivity index (χ0n) is 15.7. The predicted octanol–water partition coefficient (Wildman–Crippen LogP) is 4.94. The monoisotopic (exact) mass is 370 g/mol. The number of carbonyl (C=O) groups is 1. The van der Waals surface area contributed by atoms with Crippen LogP contribution in [0.5, 0.6) is 5.75 Å². The van der Waals surface area contributed by atoms with Gasteiger partial charge in [0.1, 0.15) is 5.75 Å². The van der Waals surface area contributed by atoms with Crippen LogP contribution in [0.3, 0.4) is 0 Å². The molecule has 0 aliphatic carbocycles. The number of hydrazone groups is 1. The van der Waals surface area contributed by atoms with Crippen molar-refractivity contribution in [1.82, 2.24) is 5.43 Å². The van der Waals surface area contributed by atoms with Crippen LogP contribution < -0.4 is 10.2 Å². The topological polar surface area (TPSA) is 50.7 Å². The van der Waals surface area contributed by atoms with Crippen LogP contribution in [0.4, 0.5) is 0 Å². The maximum absolute atomic E-state index is 11.9. The maximum atomic E-state index is 11.9. The second kappa shape index (κ2) is 9.88. The number of hydrogen-bond donors (Lipinski definition) is 1. The Balaban J connectivity index is 1.47. The number of ether oxygens (including phenoxy) is 1. The molecular weight excluding hydrogens is 348 g/mol. The highest BCUT2D eigenvalue weighted by atomic mass is 16.5. The summed E-state index contributed by atoms with van der Waals surface area (Å²) in [4.78, 5) is 11.9. The van der Waals surface area contributed by atoms with Gasteiger partial charge in [-0.3, -0.25) is 4.79 Å². The standard InChI is InChI=1S/C24H22N2O2/c1-19(12-13-20-8-4-2-5-9-20)25-26-24(27)18-28-23-16-14-22(15-17-23)21-10-6-3-7-11-21/h2-17H,18H2,1H3,(H,26,27)/b13-12+,25-19+. The van der Waals surface area contributed by atoms with E-state index >= 15 is 0 Å². The SMILES string of the molecule is CC(/C=C/c1ccccc1)=N\NC(=O)COc1ccc(-c2ccccc2)cc1. The second-order valence-electron chi connectivity index (χ2n) is 6.21. The van der Waals surface area contributed by atoms with E-state index < -0.39 is 0 Å². The van der Waals surface area contributed by atoms with Gasteiger partial charge < -0.3 is 4.74 Å². The van der Waals surface area contributed by atoms with Crippen LogP contribution in [0.1, 0.15) is 12.5 Å². The number of rotatable bonds is 7. The molecule has 0 saturated heterocycles. The van der Waals surface area contributed by atoms with Gasteiger partial charge in [-0.15, -0.1) is 0 Å². The highest BCUT2D eigenvalue weighted by molar-refractivity contribution is 5.97. The largest absolute Gasteiger partial charge is 0.484 e. The first-order chi connectivity index (χ1) is 13.7. The van der Waals surface area contributed by atoms with E-state index in [4.69, 9.17) is 4.74 Å². The van der Waals surface area contributed by atoms with Crippen molar-refractivity contribution in [2.24, 2.45) is 5.10 Å². The Bertz CT molecular complexity index is 947. The van der Waals surface area contributed by atoms with E-state index in [1.54, 1.807) is 0 Å². The molecule has 4 nitrogen and oxygen atoms in total. The molecule has 1 N–H and O–H groups in total. The number of hydrogen-bond acceptors (Lipinski definition) is 3. The second-order valence-corrected chi connectivity index (χ2v) is 6.21. The summed E-state index contributed by atoms with van der Waals surface area (Å²) in [6.45, 7) is 1.73. The highest BCUT2D eigenvalue weighted by Gasteiger charge is 2.03. The van der Waals surface area contributed by atoms with E-state index in [-0.39, 0.29) is 12.5 Å². The van der Waals surface area contributed by atoms with Crippen LogP contribution in [0, 0.1) is 0 Å². The molecule has 0 aliphatic heterocycles. The summed E-state index contributed by atoms with van der Waals surface area (Å²) in [7, 11) is 0. The zero-order valence-corrected chi connectivity index (χ0v) is 15.7. The van der Waals surface area contributed by atoms with Crippen molar-refractivity contribution in [1.29, 1.82) is 0 Å². The Kier molecular flexibility index (Phi) is 6.74. The molecule has 3 aromatic carbocycles. The Labute approximate surface area is 165 Å². The van der Waals surface area contributed by atoms with Crippen molar-refractivity contribution < 1.29 is 9.53 Å². The molecular formula is C24H22N2O2. The van der Waals surface area contributed by atoms with Crippen molar-refractivity contribution in [2.75, 3.05) is 6.61 Å². The summed E-state index contributed by atoms with van der Waals surface area (Å²) in [5.41, 5.74) is 6.51. The average Bonchev–Trinajstić information content (AvgIpc) is 2.76. The number of nitrogens with zero attached hydrogens (tertiary/aromatic N) is 1. The fraction of sp³-hybridized carbons (Fsp3) is 0.0833. The first kappa shape index (κ1) is 19.1. The van der Waals surface area contributed by atoms with Gasteiger partial charge in [-0.05, 0) is 41.8 Å². The van der Waals surface area contributed by atoms with Crippen molar-refractivity contribution >= 4 is 17.7 Å². The summed E-state index contributed by atoms with van der Waals surface area (Å²) in [5.74, 6) is 0.333. The molecule has 28 heavy (non-hydrogen) atoms. The lowest BCUT2D eigenvalue weighted by Crippen LogP contribution is -2.25. The van der Waals surface area contributed by atoms with Crippen LogP contribution in [-0.2, 0) is 4.79 Å². The van der Waals surface area contributed by atoms with Gasteiger partial charge in [0.2, 0.25) is 0 Å². The van der Waals surface area contributed by atoms with Crippen molar-refractivity contribution in [3.63, 3.8) is 0 Å². The molecule has 0 radical (unpaired) electrons. The fourth-order valence-corrected chi connectivity index (χ4v) is 2.52. The van der Waals surface area contributed by atoms with Crippen molar-refractivity contribution in [3.8, 4) is 16.9 Å². The minimum atomic E-state index is -0.306. The molecule has 0 atom stereocenters. The van der Waals surface area contributed by atoms with E-state index in [1.165, 1.54) is 0 Å². The fourth-order valence-electron chi connectivity index (χ4n) is 2.52. The van der Waals surface area contributed by atoms with Crippen molar-refractivity contribution in [2.45, 2.75) is 6.92 Å². The molecule has 4 heteroatoms. The van der Waals surface area contributed by atoms with E-state index in [9.17, 15) is 4.79 Å². The molecule has 0 aromatic heterocycles. The number of benzene rings is 3. The minimum Gasteiger partial charge on any atom is -0.484 e. The number of carbonyl (C=O) groups excluding carboxylic acids is 1. The molecule has 0 spiro atoms. The summed E-state index contributed by atoms with van der Waals surface area (Å²) >= 11 is 0. The number of amides is 1. The van der Waals surface area contributed by atoms with Gasteiger partial charge in [0, 0.05) is 0 Å². The lowest BCUT2D eigenvalue weighted by atomic mass is 10.1. The van der Waals surface area contributed by atoms with Crippen LogP contribution >= 0.6 is 0 Å². The maximum Gasteiger partial charge on any atom is 0.277 e. The van der Waals surface area contributed by atoms with E-state index in [0.29, 0.717) is 11.5 Å². The Morgan fingerprint density at radius 1 is 0.893 bits per heavy atom. The number of nitrogens with one attached hydrogen (secondary N) is 1.